The van der Waals surface area contributed by atoms with Crippen LogP contribution < -0.4 is 5.32 Å². The Bertz CT molecular complexity index is 271. The van der Waals surface area contributed by atoms with E-state index in [1.54, 1.807) is 0 Å². The SMILES string of the molecule is FC1(F)CC12CNC2.O=C(O)C(F)(F)F. The van der Waals surface area contributed by atoms with Crippen molar-refractivity contribution in [1.29, 1.82) is 0 Å². The van der Waals surface area contributed by atoms with Crippen LogP contribution in [-0.4, -0.2) is 36.3 Å². The average molecular weight is 233 g/mol. The number of carboxylic acids is 1. The predicted octanol–water partition coefficient (Wildman–Crippen LogP) is 1.25. The zero-order chi connectivity index (χ0) is 11.9. The van der Waals surface area contributed by atoms with E-state index < -0.39 is 23.5 Å². The van der Waals surface area contributed by atoms with Crippen LogP contribution in [0.2, 0.25) is 0 Å². The van der Waals surface area contributed by atoms with E-state index in [0.717, 1.165) is 0 Å². The standard InChI is InChI=1S/C5H7F2N.C2HF3O2/c6-5(7)1-4(5)2-8-3-4;3-2(4,5)1(6)7/h8H,1-3H2;(H,6,7). The lowest BCUT2D eigenvalue weighted by molar-refractivity contribution is -0.192. The van der Waals surface area contributed by atoms with Gasteiger partial charge in [0.05, 0.1) is 5.41 Å². The summed E-state index contributed by atoms with van der Waals surface area (Å²) < 4.78 is 56.1. The fourth-order valence-corrected chi connectivity index (χ4v) is 1.19. The molecule has 0 bridgehead atoms. The molecule has 3 nitrogen and oxygen atoms in total. The fourth-order valence-electron chi connectivity index (χ4n) is 1.19. The Hall–Kier alpha value is -0.920. The molecule has 15 heavy (non-hydrogen) atoms. The molecule has 1 aliphatic carbocycles. The molecule has 8 heteroatoms. The van der Waals surface area contributed by atoms with Crippen LogP contribution in [0, 0.1) is 5.41 Å². The van der Waals surface area contributed by atoms with Crippen molar-refractivity contribution in [3.05, 3.63) is 0 Å². The number of nitrogens with one attached hydrogen (secondary N) is 1. The van der Waals surface area contributed by atoms with Crippen LogP contribution in [0.25, 0.3) is 0 Å². The zero-order valence-corrected chi connectivity index (χ0v) is 7.37. The quantitative estimate of drug-likeness (QED) is 0.619. The molecule has 1 saturated heterocycles. The minimum atomic E-state index is -5.08. The van der Waals surface area contributed by atoms with Crippen LogP contribution in [0.15, 0.2) is 0 Å². The molecule has 0 aromatic carbocycles. The van der Waals surface area contributed by atoms with Gasteiger partial charge in [0.15, 0.2) is 0 Å². The number of carboxylic acid groups (broad SMARTS) is 1. The second-order valence-corrected chi connectivity index (χ2v) is 3.57. The molecule has 0 unspecified atom stereocenters. The molecule has 1 aliphatic heterocycles. The lowest BCUT2D eigenvalue weighted by atomic mass is 10.00. The first-order valence-electron chi connectivity index (χ1n) is 3.99. The topological polar surface area (TPSA) is 49.3 Å². The highest BCUT2D eigenvalue weighted by Gasteiger charge is 2.73. The number of halogens is 5. The third-order valence-corrected chi connectivity index (χ3v) is 2.38. The number of alkyl halides is 5. The smallest absolute Gasteiger partial charge is 0.475 e. The Morgan fingerprint density at radius 3 is 1.60 bits per heavy atom. The molecule has 0 aromatic rings. The van der Waals surface area contributed by atoms with Crippen LogP contribution in [0.1, 0.15) is 6.42 Å². The highest BCUT2D eigenvalue weighted by atomic mass is 19.4. The summed E-state index contributed by atoms with van der Waals surface area (Å²) in [6, 6.07) is 0. The van der Waals surface area contributed by atoms with Crippen molar-refractivity contribution in [2.75, 3.05) is 13.1 Å². The number of hydrogen-bond acceptors (Lipinski definition) is 2. The Morgan fingerprint density at radius 1 is 1.27 bits per heavy atom. The lowest BCUT2D eigenvalue weighted by Crippen LogP contribution is -2.47. The summed E-state index contributed by atoms with van der Waals surface area (Å²) in [6.07, 6.45) is -4.97. The predicted molar refractivity (Wildman–Crippen MR) is 38.6 cm³/mol. The van der Waals surface area contributed by atoms with Gasteiger partial charge in [-0.1, -0.05) is 0 Å². The maximum absolute atomic E-state index is 12.2. The van der Waals surface area contributed by atoms with Gasteiger partial charge in [0.2, 0.25) is 0 Å². The van der Waals surface area contributed by atoms with Crippen molar-refractivity contribution < 1.29 is 31.9 Å². The summed E-state index contributed by atoms with van der Waals surface area (Å²) in [4.78, 5) is 8.90. The highest BCUT2D eigenvalue weighted by molar-refractivity contribution is 5.73. The molecule has 88 valence electrons. The van der Waals surface area contributed by atoms with Gasteiger partial charge in [-0.25, -0.2) is 13.6 Å². The van der Waals surface area contributed by atoms with Crippen molar-refractivity contribution in [3.8, 4) is 0 Å². The molecule has 2 N–H and O–H groups in total. The monoisotopic (exact) mass is 233 g/mol. The molecule has 0 aromatic heterocycles. The summed E-state index contributed by atoms with van der Waals surface area (Å²) in [5.74, 6) is -5.08. The van der Waals surface area contributed by atoms with E-state index in [9.17, 15) is 22.0 Å². The molecule has 2 rings (SSSR count). The van der Waals surface area contributed by atoms with Gasteiger partial charge in [-0.3, -0.25) is 0 Å². The van der Waals surface area contributed by atoms with Gasteiger partial charge in [-0.15, -0.1) is 0 Å². The normalized spacial score (nSPS) is 24.9. The third kappa shape index (κ3) is 2.36. The molecular weight excluding hydrogens is 225 g/mol. The Kier molecular flexibility index (Phi) is 2.67. The first kappa shape index (κ1) is 12.2. The van der Waals surface area contributed by atoms with E-state index in [1.165, 1.54) is 0 Å². The first-order valence-corrected chi connectivity index (χ1v) is 3.99. The van der Waals surface area contributed by atoms with Gasteiger partial charge < -0.3 is 10.4 Å². The molecular formula is C7H8F5NO2. The van der Waals surface area contributed by atoms with Gasteiger partial charge >= 0.3 is 12.1 Å². The first-order chi connectivity index (χ1) is 6.61. The maximum atomic E-state index is 12.2. The van der Waals surface area contributed by atoms with Crippen molar-refractivity contribution in [2.24, 2.45) is 5.41 Å². The molecule has 0 radical (unpaired) electrons. The van der Waals surface area contributed by atoms with Crippen molar-refractivity contribution in [2.45, 2.75) is 18.5 Å². The molecule has 1 heterocycles. The highest BCUT2D eigenvalue weighted by Crippen LogP contribution is 2.62. The molecule has 1 spiro atoms. The van der Waals surface area contributed by atoms with Crippen LogP contribution >= 0.6 is 0 Å². The molecule has 0 amide bonds. The van der Waals surface area contributed by atoms with Gasteiger partial charge in [-0.05, 0) is 0 Å². The molecule has 0 atom stereocenters. The van der Waals surface area contributed by atoms with Crippen LogP contribution in [0.5, 0.6) is 0 Å². The van der Waals surface area contributed by atoms with Crippen LogP contribution in [-0.2, 0) is 4.79 Å². The van der Waals surface area contributed by atoms with Gasteiger partial charge in [-0.2, -0.15) is 13.2 Å². The fraction of sp³-hybridized carbons (Fsp3) is 0.857. The van der Waals surface area contributed by atoms with E-state index in [1.807, 2.05) is 0 Å². The number of aliphatic carboxylic acids is 1. The summed E-state index contributed by atoms with van der Waals surface area (Å²) in [7, 11) is 0. The second kappa shape index (κ2) is 3.29. The van der Waals surface area contributed by atoms with E-state index in [2.05, 4.69) is 5.32 Å². The largest absolute Gasteiger partial charge is 0.490 e. The minimum Gasteiger partial charge on any atom is -0.475 e. The minimum absolute atomic E-state index is 0.118. The van der Waals surface area contributed by atoms with E-state index >= 15 is 0 Å². The number of carbonyl (C=O) groups is 1. The van der Waals surface area contributed by atoms with E-state index in [4.69, 9.17) is 9.90 Å². The molecule has 2 fully saturated rings. The summed E-state index contributed by atoms with van der Waals surface area (Å²) in [6.45, 7) is 1.06. The molecule has 1 saturated carbocycles. The zero-order valence-electron chi connectivity index (χ0n) is 7.37. The van der Waals surface area contributed by atoms with Crippen LogP contribution in [0.3, 0.4) is 0 Å². The Labute approximate surface area is 81.3 Å². The molecule has 2 aliphatic rings. The van der Waals surface area contributed by atoms with E-state index in [0.29, 0.717) is 13.1 Å². The second-order valence-electron chi connectivity index (χ2n) is 3.57. The van der Waals surface area contributed by atoms with Gasteiger partial charge in [0.1, 0.15) is 0 Å². The Morgan fingerprint density at radius 2 is 1.60 bits per heavy atom. The van der Waals surface area contributed by atoms with E-state index in [-0.39, 0.29) is 6.42 Å². The van der Waals surface area contributed by atoms with Crippen molar-refractivity contribution >= 4 is 5.97 Å². The van der Waals surface area contributed by atoms with Gasteiger partial charge in [0.25, 0.3) is 5.92 Å². The lowest BCUT2D eigenvalue weighted by Gasteiger charge is -2.26. The van der Waals surface area contributed by atoms with Gasteiger partial charge in [0, 0.05) is 19.5 Å². The van der Waals surface area contributed by atoms with Crippen LogP contribution in [0.4, 0.5) is 22.0 Å². The average Bonchev–Trinajstić information content (AvgIpc) is 2.52. The number of rotatable bonds is 0. The summed E-state index contributed by atoms with van der Waals surface area (Å²) >= 11 is 0. The van der Waals surface area contributed by atoms with Crippen molar-refractivity contribution in [1.82, 2.24) is 5.32 Å². The number of hydrogen-bond donors (Lipinski definition) is 2. The third-order valence-electron chi connectivity index (χ3n) is 2.38. The maximum Gasteiger partial charge on any atom is 0.490 e. The summed E-state index contributed by atoms with van der Waals surface area (Å²) in [5, 5.41) is 9.96. The van der Waals surface area contributed by atoms with Crippen molar-refractivity contribution in [3.63, 3.8) is 0 Å². The Balaban J connectivity index is 0.000000153. The summed E-state index contributed by atoms with van der Waals surface area (Å²) in [5.41, 5.74) is -0.576.